The summed E-state index contributed by atoms with van der Waals surface area (Å²) < 4.78 is 4.61. The molecule has 0 aromatic rings. The number of carbonyl (C=O) groups excluding carboxylic acids is 2. The fraction of sp³-hybridized carbons (Fsp3) is 0.800. The molecule has 25 heavy (non-hydrogen) atoms. The lowest BCUT2D eigenvalue weighted by atomic mass is 10.1. The van der Waals surface area contributed by atoms with E-state index in [0.29, 0.717) is 18.6 Å². The minimum absolute atomic E-state index is 0.0419. The molecule has 1 saturated heterocycles. The van der Waals surface area contributed by atoms with E-state index >= 15 is 0 Å². The zero-order chi connectivity index (χ0) is 18.5. The van der Waals surface area contributed by atoms with E-state index in [9.17, 15) is 14.7 Å². The Balaban J connectivity index is 2.26. The van der Waals surface area contributed by atoms with Crippen LogP contribution in [0.2, 0.25) is 0 Å². The van der Waals surface area contributed by atoms with Gasteiger partial charge in [-0.15, -0.1) is 0 Å². The van der Waals surface area contributed by atoms with E-state index in [2.05, 4.69) is 22.6 Å². The smallest absolute Gasteiger partial charge is 0.305 e. The fourth-order valence-corrected chi connectivity index (χ4v) is 3.23. The third-order valence-corrected chi connectivity index (χ3v) is 4.85. The van der Waals surface area contributed by atoms with Gasteiger partial charge in [0.1, 0.15) is 0 Å². The summed E-state index contributed by atoms with van der Waals surface area (Å²) >= 11 is 0. The molecule has 0 aromatic carbocycles. The van der Waals surface area contributed by atoms with Crippen LogP contribution >= 0.6 is 0 Å². The van der Waals surface area contributed by atoms with Gasteiger partial charge in [0.05, 0.1) is 19.3 Å². The first-order chi connectivity index (χ1) is 12.1. The van der Waals surface area contributed by atoms with E-state index in [-0.39, 0.29) is 18.1 Å². The Hall–Kier alpha value is -1.20. The number of rotatable bonds is 13. The van der Waals surface area contributed by atoms with Crippen molar-refractivity contribution in [2.45, 2.75) is 83.3 Å². The molecule has 1 N–H and O–H groups in total. The van der Waals surface area contributed by atoms with E-state index in [0.717, 1.165) is 51.6 Å². The highest BCUT2D eigenvalue weighted by atomic mass is 16.5. The van der Waals surface area contributed by atoms with Gasteiger partial charge in [-0.05, 0) is 32.1 Å². The molecule has 1 aliphatic rings. The van der Waals surface area contributed by atoms with Gasteiger partial charge in [-0.3, -0.25) is 14.5 Å². The second kappa shape index (κ2) is 13.1. The molecule has 1 rings (SSSR count). The Bertz CT molecular complexity index is 422. The number of Topliss-reactive ketones (excluding diaryl/α,β-unsaturated/α-hetero) is 1. The molecule has 0 spiro atoms. The molecule has 1 unspecified atom stereocenters. The van der Waals surface area contributed by atoms with Gasteiger partial charge < -0.3 is 9.84 Å². The summed E-state index contributed by atoms with van der Waals surface area (Å²) in [6, 6.07) is -0.0419. The maximum Gasteiger partial charge on any atom is 0.305 e. The number of aliphatic hydroxyl groups excluding tert-OH is 1. The lowest BCUT2D eigenvalue weighted by Gasteiger charge is -2.23. The summed E-state index contributed by atoms with van der Waals surface area (Å²) in [6.07, 6.45) is 12.2. The number of hydrogen-bond acceptors (Lipinski definition) is 5. The van der Waals surface area contributed by atoms with Crippen LogP contribution in [0.1, 0.15) is 71.1 Å². The lowest BCUT2D eigenvalue weighted by molar-refractivity contribution is -0.140. The summed E-state index contributed by atoms with van der Waals surface area (Å²) in [7, 11) is 1.40. The highest BCUT2D eigenvalue weighted by Crippen LogP contribution is 2.19. The van der Waals surface area contributed by atoms with Gasteiger partial charge in [-0.2, -0.15) is 0 Å². The number of aliphatic hydroxyl groups is 1. The second-order valence-corrected chi connectivity index (χ2v) is 6.88. The third kappa shape index (κ3) is 9.17. The number of ketones is 1. The van der Waals surface area contributed by atoms with Crippen molar-refractivity contribution < 1.29 is 19.4 Å². The monoisotopic (exact) mass is 353 g/mol. The van der Waals surface area contributed by atoms with Crippen LogP contribution in [0.3, 0.4) is 0 Å². The molecule has 0 saturated carbocycles. The van der Waals surface area contributed by atoms with Gasteiger partial charge in [-0.25, -0.2) is 0 Å². The largest absolute Gasteiger partial charge is 0.469 e. The maximum atomic E-state index is 12.1. The van der Waals surface area contributed by atoms with Crippen LogP contribution in [0.5, 0.6) is 0 Å². The molecule has 0 amide bonds. The van der Waals surface area contributed by atoms with Gasteiger partial charge in [0, 0.05) is 25.9 Å². The predicted molar refractivity (Wildman–Crippen MR) is 99.4 cm³/mol. The van der Waals surface area contributed by atoms with E-state index in [1.54, 1.807) is 0 Å². The summed E-state index contributed by atoms with van der Waals surface area (Å²) in [5, 5.41) is 10.1. The summed E-state index contributed by atoms with van der Waals surface area (Å²) in [5.41, 5.74) is 0. The number of ether oxygens (including phenoxy) is 1. The molecule has 0 radical (unpaired) electrons. The molecule has 1 aliphatic heterocycles. The third-order valence-electron chi connectivity index (χ3n) is 4.85. The molecule has 0 aliphatic carbocycles. The number of unbranched alkanes of at least 4 members (excludes halogenated alkanes) is 3. The summed E-state index contributed by atoms with van der Waals surface area (Å²) in [5.74, 6) is 0.128. The fourth-order valence-electron chi connectivity index (χ4n) is 3.23. The normalized spacial score (nSPS) is 19.6. The van der Waals surface area contributed by atoms with Crippen molar-refractivity contribution in [3.63, 3.8) is 0 Å². The lowest BCUT2D eigenvalue weighted by Crippen LogP contribution is -2.34. The molecule has 0 aromatic heterocycles. The van der Waals surface area contributed by atoms with Gasteiger partial charge in [0.15, 0.2) is 5.78 Å². The van der Waals surface area contributed by atoms with E-state index < -0.39 is 0 Å². The summed E-state index contributed by atoms with van der Waals surface area (Å²) in [4.78, 5) is 25.3. The van der Waals surface area contributed by atoms with Gasteiger partial charge in [0.25, 0.3) is 0 Å². The topological polar surface area (TPSA) is 66.8 Å². The van der Waals surface area contributed by atoms with Crippen LogP contribution in [0.25, 0.3) is 0 Å². The first-order valence-electron chi connectivity index (χ1n) is 9.75. The number of allylic oxidation sites excluding steroid dienone is 1. The number of likely N-dealkylation sites (tertiary alicyclic amines) is 1. The first-order valence-corrected chi connectivity index (χ1v) is 9.75. The Morgan fingerprint density at radius 3 is 2.84 bits per heavy atom. The van der Waals surface area contributed by atoms with E-state index in [1.165, 1.54) is 20.0 Å². The molecular formula is C20H35NO4. The molecule has 1 fully saturated rings. The molecule has 5 heteroatoms. The van der Waals surface area contributed by atoms with Crippen molar-refractivity contribution in [1.82, 2.24) is 4.90 Å². The number of nitrogens with zero attached hydrogens (tertiary/aromatic N) is 1. The van der Waals surface area contributed by atoms with Crippen LogP contribution in [-0.4, -0.2) is 54.1 Å². The minimum atomic E-state index is -0.253. The van der Waals surface area contributed by atoms with Crippen LogP contribution < -0.4 is 0 Å². The van der Waals surface area contributed by atoms with Crippen molar-refractivity contribution in [2.75, 3.05) is 20.2 Å². The molecule has 144 valence electrons. The standard InChI is InChI=1S/C20H35NO4/c1-3-4-7-10-17(22)13-15-21-16-14-19(23)18(21)11-8-5-6-9-12-20(24)25-2/h5,8,17-18,22H,3-4,6-7,9-16H2,1-2H3/b8-5-/t17?,18-/m1/s1. The Morgan fingerprint density at radius 2 is 2.12 bits per heavy atom. The van der Waals surface area contributed by atoms with Gasteiger partial charge >= 0.3 is 5.97 Å². The zero-order valence-corrected chi connectivity index (χ0v) is 15.9. The van der Waals surface area contributed by atoms with Crippen molar-refractivity contribution in [2.24, 2.45) is 0 Å². The minimum Gasteiger partial charge on any atom is -0.469 e. The molecular weight excluding hydrogens is 318 g/mol. The Kier molecular flexibility index (Phi) is 11.4. The van der Waals surface area contributed by atoms with Crippen LogP contribution in [-0.2, 0) is 14.3 Å². The maximum absolute atomic E-state index is 12.1. The average Bonchev–Trinajstić information content (AvgIpc) is 2.96. The van der Waals surface area contributed by atoms with Crippen molar-refractivity contribution >= 4 is 11.8 Å². The highest BCUT2D eigenvalue weighted by molar-refractivity contribution is 5.86. The molecule has 5 nitrogen and oxygen atoms in total. The second-order valence-electron chi connectivity index (χ2n) is 6.88. The predicted octanol–water partition coefficient (Wildman–Crippen LogP) is 3.25. The van der Waals surface area contributed by atoms with Crippen LogP contribution in [0, 0.1) is 0 Å². The number of esters is 1. The average molecular weight is 354 g/mol. The van der Waals surface area contributed by atoms with Crippen LogP contribution in [0.15, 0.2) is 12.2 Å². The molecule has 2 atom stereocenters. The SMILES string of the molecule is CCCCCC(O)CCN1CCC(=O)[C@H]1C/C=C\CCCC(=O)OC. The number of methoxy groups -OCH3 is 1. The molecule has 1 heterocycles. The van der Waals surface area contributed by atoms with Crippen LogP contribution in [0.4, 0.5) is 0 Å². The number of hydrogen-bond donors (Lipinski definition) is 1. The zero-order valence-electron chi connectivity index (χ0n) is 15.9. The first kappa shape index (κ1) is 21.8. The van der Waals surface area contributed by atoms with Crippen molar-refractivity contribution in [1.29, 1.82) is 0 Å². The number of carbonyl (C=O) groups is 2. The van der Waals surface area contributed by atoms with E-state index in [1.807, 2.05) is 6.08 Å². The highest BCUT2D eigenvalue weighted by Gasteiger charge is 2.31. The summed E-state index contributed by atoms with van der Waals surface area (Å²) in [6.45, 7) is 3.76. The van der Waals surface area contributed by atoms with E-state index in [4.69, 9.17) is 0 Å². The van der Waals surface area contributed by atoms with Crippen molar-refractivity contribution in [3.05, 3.63) is 12.2 Å². The Labute approximate surface area is 152 Å². The quantitative estimate of drug-likeness (QED) is 0.313. The Morgan fingerprint density at radius 1 is 1.32 bits per heavy atom. The van der Waals surface area contributed by atoms with Crippen molar-refractivity contribution in [3.8, 4) is 0 Å². The van der Waals surface area contributed by atoms with Gasteiger partial charge in [-0.1, -0.05) is 38.3 Å². The molecule has 0 bridgehead atoms. The van der Waals surface area contributed by atoms with Gasteiger partial charge in [0.2, 0.25) is 0 Å².